The summed E-state index contributed by atoms with van der Waals surface area (Å²) in [5, 5.41) is 9.32. The summed E-state index contributed by atoms with van der Waals surface area (Å²) in [4.78, 5) is 14.3. The Morgan fingerprint density at radius 3 is 2.47 bits per heavy atom. The maximum absolute atomic E-state index is 14.3. The fourth-order valence-electron chi connectivity index (χ4n) is 11.9. The second-order valence-electron chi connectivity index (χ2n) is 16.8. The topological polar surface area (TPSA) is 103 Å². The first kappa shape index (κ1) is 32.6. The van der Waals surface area contributed by atoms with E-state index in [2.05, 4.69) is 64.7 Å². The third kappa shape index (κ3) is 4.81. The van der Waals surface area contributed by atoms with Crippen molar-refractivity contribution in [2.45, 2.75) is 113 Å². The van der Waals surface area contributed by atoms with Gasteiger partial charge in [0.25, 0.3) is 0 Å². The highest BCUT2D eigenvalue weighted by atomic mass is 35.5. The lowest BCUT2D eigenvalue weighted by Gasteiger charge is -2.71. The van der Waals surface area contributed by atoms with Gasteiger partial charge in [0, 0.05) is 16.1 Å². The van der Waals surface area contributed by atoms with Crippen molar-refractivity contribution in [3.8, 4) is 0 Å². The minimum atomic E-state index is -0.455. The Balaban J connectivity index is 1.35. The molecule has 1 aromatic carbocycles. The Morgan fingerprint density at radius 2 is 1.76 bits per heavy atom. The van der Waals surface area contributed by atoms with Gasteiger partial charge in [0.15, 0.2) is 0 Å². The number of benzene rings is 1. The monoisotopic (exact) mass is 634 g/mol. The molecule has 4 N–H and O–H groups in total. The van der Waals surface area contributed by atoms with Gasteiger partial charge >= 0.3 is 5.97 Å². The van der Waals surface area contributed by atoms with Crippen LogP contribution in [0.2, 0.25) is 5.02 Å². The maximum Gasteiger partial charge on any atom is 0.313 e. The van der Waals surface area contributed by atoms with Crippen molar-refractivity contribution in [2.75, 3.05) is 0 Å². The molecular weight excluding hydrogens is 580 g/mol. The van der Waals surface area contributed by atoms with Crippen LogP contribution >= 0.6 is 11.6 Å². The first-order valence-electron chi connectivity index (χ1n) is 17.4. The molecule has 0 heterocycles. The van der Waals surface area contributed by atoms with Crippen LogP contribution in [0.15, 0.2) is 46.1 Å². The minimum Gasteiger partial charge on any atom is -0.460 e. The number of hydrogen-bond donors (Lipinski definition) is 2. The molecule has 0 aliphatic heterocycles. The SMILES string of the molecule is C[C@H]1[C@H](C)CC[C@]2(C(=O)OCc3cccc(Cl)c3)CC[C@]3(C)C(=CC[C@@H]4[C@@]5(C)CC/C(=N\N=C(N)N)C(C)(C)[C@@H]5CC[C@]43C)[C@H]12. The first-order chi connectivity index (χ1) is 21.1. The van der Waals surface area contributed by atoms with Crippen LogP contribution in [0.5, 0.6) is 0 Å². The van der Waals surface area contributed by atoms with E-state index in [1.807, 2.05) is 24.3 Å². The highest BCUT2D eigenvalue weighted by Gasteiger charge is 2.69. The molecule has 0 radical (unpaired) electrons. The van der Waals surface area contributed by atoms with E-state index in [0.717, 1.165) is 56.2 Å². The third-order valence-corrected chi connectivity index (χ3v) is 15.0. The summed E-state index contributed by atoms with van der Waals surface area (Å²) in [5.74, 6) is 2.33. The highest BCUT2D eigenvalue weighted by Crippen LogP contribution is 2.75. The second kappa shape index (κ2) is 11.1. The summed E-state index contributed by atoms with van der Waals surface area (Å²) in [6, 6.07) is 7.67. The average Bonchev–Trinajstić information content (AvgIpc) is 2.97. The molecule has 6 nitrogen and oxygen atoms in total. The number of fused-ring (bicyclic) bond motifs is 7. The number of halogens is 1. The molecule has 0 bridgehead atoms. The Bertz CT molecular complexity index is 1450. The number of allylic oxidation sites excluding steroid dienone is 2. The van der Waals surface area contributed by atoms with Crippen LogP contribution in [-0.2, 0) is 16.1 Å². The van der Waals surface area contributed by atoms with Gasteiger partial charge in [-0.3, -0.25) is 4.79 Å². The third-order valence-electron chi connectivity index (χ3n) is 14.7. The van der Waals surface area contributed by atoms with Crippen LogP contribution in [0.4, 0.5) is 0 Å². The molecule has 0 amide bonds. The molecule has 1 aromatic rings. The lowest BCUT2D eigenvalue weighted by molar-refractivity contribution is -0.185. The van der Waals surface area contributed by atoms with Crippen LogP contribution in [0.3, 0.4) is 0 Å². The average molecular weight is 635 g/mol. The number of esters is 1. The van der Waals surface area contributed by atoms with Crippen LogP contribution in [0, 0.1) is 56.7 Å². The maximum atomic E-state index is 14.3. The molecule has 5 aliphatic rings. The fraction of sp³-hybridized carbons (Fsp3) is 0.711. The number of guanidine groups is 1. The van der Waals surface area contributed by atoms with E-state index in [1.54, 1.807) is 5.57 Å². The van der Waals surface area contributed by atoms with Crippen molar-refractivity contribution < 1.29 is 9.53 Å². The van der Waals surface area contributed by atoms with E-state index in [-0.39, 0.29) is 46.1 Å². The van der Waals surface area contributed by atoms with Crippen LogP contribution in [-0.4, -0.2) is 17.6 Å². The quantitative estimate of drug-likeness (QED) is 0.114. The van der Waals surface area contributed by atoms with E-state index in [9.17, 15) is 4.79 Å². The van der Waals surface area contributed by atoms with Crippen LogP contribution in [0.25, 0.3) is 0 Å². The molecule has 0 spiro atoms. The predicted molar refractivity (Wildman–Crippen MR) is 183 cm³/mol. The molecule has 5 aliphatic carbocycles. The van der Waals surface area contributed by atoms with E-state index >= 15 is 0 Å². The van der Waals surface area contributed by atoms with Crippen molar-refractivity contribution in [2.24, 2.45) is 78.3 Å². The van der Waals surface area contributed by atoms with E-state index in [1.165, 1.54) is 12.8 Å². The summed E-state index contributed by atoms with van der Waals surface area (Å²) < 4.78 is 6.20. The Morgan fingerprint density at radius 1 is 1.00 bits per heavy atom. The molecule has 0 saturated heterocycles. The zero-order valence-corrected chi connectivity index (χ0v) is 29.3. The minimum absolute atomic E-state index is 0.00116. The fourth-order valence-corrected chi connectivity index (χ4v) is 12.1. The smallest absolute Gasteiger partial charge is 0.313 e. The molecule has 9 atom stereocenters. The van der Waals surface area contributed by atoms with Gasteiger partial charge < -0.3 is 16.2 Å². The van der Waals surface area contributed by atoms with Gasteiger partial charge in [-0.05, 0) is 121 Å². The molecule has 7 heteroatoms. The van der Waals surface area contributed by atoms with Gasteiger partial charge in [0.05, 0.1) is 5.41 Å². The number of rotatable bonds is 4. The zero-order chi connectivity index (χ0) is 32.6. The first-order valence-corrected chi connectivity index (χ1v) is 17.8. The van der Waals surface area contributed by atoms with Crippen LogP contribution < -0.4 is 11.5 Å². The summed E-state index contributed by atoms with van der Waals surface area (Å²) in [7, 11) is 0. The largest absolute Gasteiger partial charge is 0.460 e. The van der Waals surface area contributed by atoms with Crippen molar-refractivity contribution in [1.82, 2.24) is 0 Å². The molecular formula is C38H55ClN4O2. The molecule has 0 aromatic heterocycles. The van der Waals surface area contributed by atoms with Gasteiger partial charge in [-0.25, -0.2) is 0 Å². The highest BCUT2D eigenvalue weighted by molar-refractivity contribution is 6.30. The predicted octanol–water partition coefficient (Wildman–Crippen LogP) is 8.67. The van der Waals surface area contributed by atoms with Gasteiger partial charge in [0.2, 0.25) is 5.96 Å². The summed E-state index contributed by atoms with van der Waals surface area (Å²) in [6.45, 7) is 17.6. The molecule has 246 valence electrons. The second-order valence-corrected chi connectivity index (χ2v) is 17.2. The Kier molecular flexibility index (Phi) is 8.06. The zero-order valence-electron chi connectivity index (χ0n) is 28.6. The summed E-state index contributed by atoms with van der Waals surface area (Å²) in [5.41, 5.74) is 14.8. The number of hydrogen-bond acceptors (Lipinski definition) is 4. The van der Waals surface area contributed by atoms with E-state index in [4.69, 9.17) is 27.8 Å². The molecule has 0 unspecified atom stereocenters. The number of nitrogens with zero attached hydrogens (tertiary/aromatic N) is 2. The standard InChI is InChI=1S/C38H55ClN4O2/c1-23-13-18-38(32(44)45-22-25-9-8-10-26(39)21-25)20-19-36(6)27(31(38)24(23)2)11-12-29-35(5)16-15-30(42-43-33(40)41)34(3,4)28(35)14-17-37(29,36)7/h8-11,21,23-24,28-29,31H,12-20,22H2,1-7H3,(H4,40,41,43)/b42-30+/t23-,24+,28+,29-,31+,35+,36-,37-,38+/m1/s1. The summed E-state index contributed by atoms with van der Waals surface area (Å²) >= 11 is 6.25. The Labute approximate surface area is 275 Å². The van der Waals surface area contributed by atoms with Crippen molar-refractivity contribution in [3.63, 3.8) is 0 Å². The van der Waals surface area contributed by atoms with Crippen molar-refractivity contribution >= 4 is 29.2 Å². The number of nitrogens with two attached hydrogens (primary N) is 2. The lowest BCUT2D eigenvalue weighted by Crippen LogP contribution is -2.65. The molecule has 4 fully saturated rings. The van der Waals surface area contributed by atoms with Gasteiger partial charge in [-0.2, -0.15) is 5.10 Å². The van der Waals surface area contributed by atoms with Crippen molar-refractivity contribution in [1.29, 1.82) is 0 Å². The molecule has 4 saturated carbocycles. The van der Waals surface area contributed by atoms with E-state index < -0.39 is 5.41 Å². The van der Waals surface area contributed by atoms with E-state index in [0.29, 0.717) is 28.7 Å². The van der Waals surface area contributed by atoms with Crippen LogP contribution in [0.1, 0.15) is 112 Å². The molecule has 45 heavy (non-hydrogen) atoms. The van der Waals surface area contributed by atoms with Gasteiger partial charge in [-0.1, -0.05) is 83.8 Å². The number of ether oxygens (including phenoxy) is 1. The lowest BCUT2D eigenvalue weighted by atomic mass is 9.33. The number of carbonyl (C=O) groups is 1. The Hall–Kier alpha value is -2.34. The summed E-state index contributed by atoms with van der Waals surface area (Å²) in [6.07, 6.45) is 12.0. The number of carbonyl (C=O) groups excluding carboxylic acids is 1. The van der Waals surface area contributed by atoms with Gasteiger partial charge in [-0.15, -0.1) is 5.10 Å². The van der Waals surface area contributed by atoms with Crippen molar-refractivity contribution in [3.05, 3.63) is 46.5 Å². The van der Waals surface area contributed by atoms with Gasteiger partial charge in [0.1, 0.15) is 6.61 Å². The normalized spacial score (nSPS) is 42.7. The molecule has 6 rings (SSSR count).